The van der Waals surface area contributed by atoms with Gasteiger partial charge in [0.05, 0.1) is 0 Å². The molecule has 1 aromatic heterocycles. The van der Waals surface area contributed by atoms with E-state index in [9.17, 15) is 4.79 Å². The van der Waals surface area contributed by atoms with Crippen molar-refractivity contribution in [3.8, 4) is 0 Å². The average molecular weight is 247 g/mol. The molecule has 1 aliphatic rings. The van der Waals surface area contributed by atoms with Crippen molar-refractivity contribution in [3.63, 3.8) is 0 Å². The number of rotatable bonds is 2. The first kappa shape index (κ1) is 10.7. The lowest BCUT2D eigenvalue weighted by Gasteiger charge is -2.25. The van der Waals surface area contributed by atoms with Gasteiger partial charge in [-0.2, -0.15) is 0 Å². The summed E-state index contributed by atoms with van der Waals surface area (Å²) in [5.74, 6) is -0.999. The molecule has 1 N–H and O–H groups in total. The molecule has 15 heavy (non-hydrogen) atoms. The van der Waals surface area contributed by atoms with Crippen molar-refractivity contribution in [2.75, 3.05) is 18.0 Å². The van der Waals surface area contributed by atoms with Gasteiger partial charge in [-0.05, 0) is 19.3 Å². The fourth-order valence-corrected chi connectivity index (χ4v) is 2.82. The minimum Gasteiger partial charge on any atom is -0.477 e. The number of halogens is 1. The fourth-order valence-electron chi connectivity index (χ4n) is 1.64. The van der Waals surface area contributed by atoms with E-state index in [1.165, 1.54) is 6.42 Å². The molecular weight excluding hydrogens is 236 g/mol. The zero-order valence-corrected chi connectivity index (χ0v) is 9.64. The third kappa shape index (κ3) is 2.23. The summed E-state index contributed by atoms with van der Waals surface area (Å²) >= 11 is 6.91. The SMILES string of the molecule is O=C(O)c1sc(N2CCCCC2)nc1Cl. The van der Waals surface area contributed by atoms with Gasteiger partial charge in [0, 0.05) is 13.1 Å². The Balaban J connectivity index is 2.21. The van der Waals surface area contributed by atoms with Crippen LogP contribution < -0.4 is 4.90 Å². The summed E-state index contributed by atoms with van der Waals surface area (Å²) in [4.78, 5) is 17.1. The standard InChI is InChI=1S/C9H11ClN2O2S/c10-7-6(8(13)14)15-9(11-7)12-4-2-1-3-5-12/h1-5H2,(H,13,14). The van der Waals surface area contributed by atoms with Crippen molar-refractivity contribution < 1.29 is 9.90 Å². The highest BCUT2D eigenvalue weighted by Crippen LogP contribution is 2.31. The van der Waals surface area contributed by atoms with Crippen molar-refractivity contribution >= 4 is 34.0 Å². The number of aromatic carboxylic acids is 1. The summed E-state index contributed by atoms with van der Waals surface area (Å²) in [5, 5.41) is 9.68. The molecule has 0 spiro atoms. The largest absolute Gasteiger partial charge is 0.477 e. The van der Waals surface area contributed by atoms with Crippen LogP contribution in [-0.2, 0) is 0 Å². The first-order valence-corrected chi connectivity index (χ1v) is 6.02. The molecule has 2 rings (SSSR count). The van der Waals surface area contributed by atoms with Gasteiger partial charge >= 0.3 is 5.97 Å². The highest BCUT2D eigenvalue weighted by atomic mass is 35.5. The summed E-state index contributed by atoms with van der Waals surface area (Å²) in [6.07, 6.45) is 3.51. The topological polar surface area (TPSA) is 53.4 Å². The first-order valence-electron chi connectivity index (χ1n) is 4.83. The molecule has 0 atom stereocenters. The van der Waals surface area contributed by atoms with Crippen LogP contribution in [-0.4, -0.2) is 29.1 Å². The summed E-state index contributed by atoms with van der Waals surface area (Å²) in [5.41, 5.74) is 0. The molecule has 1 aliphatic heterocycles. The predicted molar refractivity (Wildman–Crippen MR) is 60.1 cm³/mol. The molecule has 0 radical (unpaired) electrons. The van der Waals surface area contributed by atoms with E-state index in [1.54, 1.807) is 0 Å². The van der Waals surface area contributed by atoms with Gasteiger partial charge in [0.2, 0.25) is 0 Å². The van der Waals surface area contributed by atoms with Gasteiger partial charge in [0.15, 0.2) is 15.2 Å². The number of anilines is 1. The summed E-state index contributed by atoms with van der Waals surface area (Å²) in [6.45, 7) is 1.89. The fraction of sp³-hybridized carbons (Fsp3) is 0.556. The van der Waals surface area contributed by atoms with Crippen LogP contribution in [0.2, 0.25) is 5.15 Å². The molecule has 0 bridgehead atoms. The number of piperidine rings is 1. The van der Waals surface area contributed by atoms with Gasteiger partial charge in [-0.15, -0.1) is 0 Å². The number of carboxylic acids is 1. The van der Waals surface area contributed by atoms with E-state index >= 15 is 0 Å². The third-order valence-electron chi connectivity index (χ3n) is 2.40. The Labute approximate surface area is 96.5 Å². The third-order valence-corrected chi connectivity index (χ3v) is 3.89. The van der Waals surface area contributed by atoms with Crippen molar-refractivity contribution in [2.24, 2.45) is 0 Å². The van der Waals surface area contributed by atoms with E-state index in [0.717, 1.165) is 42.4 Å². The Hall–Kier alpha value is -0.810. The molecule has 0 saturated carbocycles. The second-order valence-electron chi connectivity index (χ2n) is 3.47. The Morgan fingerprint density at radius 2 is 2.07 bits per heavy atom. The predicted octanol–water partition coefficient (Wildman–Crippen LogP) is 2.49. The van der Waals surface area contributed by atoms with Gasteiger partial charge in [0.1, 0.15) is 0 Å². The van der Waals surface area contributed by atoms with Crippen LogP contribution in [0.1, 0.15) is 28.9 Å². The van der Waals surface area contributed by atoms with E-state index in [0.29, 0.717) is 0 Å². The maximum absolute atomic E-state index is 10.8. The average Bonchev–Trinajstić information content (AvgIpc) is 2.62. The molecule has 1 fully saturated rings. The molecule has 1 saturated heterocycles. The van der Waals surface area contributed by atoms with E-state index in [1.807, 2.05) is 0 Å². The minimum absolute atomic E-state index is 0.105. The monoisotopic (exact) mass is 246 g/mol. The molecule has 0 aromatic carbocycles. The van der Waals surface area contributed by atoms with Gasteiger partial charge < -0.3 is 10.0 Å². The Kier molecular flexibility index (Phi) is 3.11. The second-order valence-corrected chi connectivity index (χ2v) is 4.80. The van der Waals surface area contributed by atoms with Crippen LogP contribution >= 0.6 is 22.9 Å². The number of hydrogen-bond donors (Lipinski definition) is 1. The molecule has 1 aromatic rings. The number of nitrogens with zero attached hydrogens (tertiary/aromatic N) is 2. The van der Waals surface area contributed by atoms with Crippen molar-refractivity contribution in [3.05, 3.63) is 10.0 Å². The first-order chi connectivity index (χ1) is 7.18. The zero-order chi connectivity index (χ0) is 10.8. The smallest absolute Gasteiger partial charge is 0.349 e. The number of aromatic nitrogens is 1. The van der Waals surface area contributed by atoms with Crippen LogP contribution in [0.4, 0.5) is 5.13 Å². The molecule has 0 amide bonds. The maximum atomic E-state index is 10.8. The van der Waals surface area contributed by atoms with Crippen LogP contribution in [0.25, 0.3) is 0 Å². The highest BCUT2D eigenvalue weighted by molar-refractivity contribution is 7.18. The maximum Gasteiger partial charge on any atom is 0.349 e. The Morgan fingerprint density at radius 1 is 1.40 bits per heavy atom. The number of carbonyl (C=O) groups is 1. The number of hydrogen-bond acceptors (Lipinski definition) is 4. The molecule has 2 heterocycles. The van der Waals surface area contributed by atoms with E-state index in [4.69, 9.17) is 16.7 Å². The van der Waals surface area contributed by atoms with E-state index in [2.05, 4.69) is 9.88 Å². The van der Waals surface area contributed by atoms with E-state index < -0.39 is 5.97 Å². The molecule has 6 heteroatoms. The molecule has 4 nitrogen and oxygen atoms in total. The van der Waals surface area contributed by atoms with Crippen LogP contribution in [0.5, 0.6) is 0 Å². The highest BCUT2D eigenvalue weighted by Gasteiger charge is 2.20. The Bertz CT molecular complexity index is 374. The van der Waals surface area contributed by atoms with Crippen LogP contribution in [0.3, 0.4) is 0 Å². The normalized spacial score (nSPS) is 16.7. The Morgan fingerprint density at radius 3 is 2.60 bits per heavy atom. The zero-order valence-electron chi connectivity index (χ0n) is 8.07. The lowest BCUT2D eigenvalue weighted by atomic mass is 10.1. The lowest BCUT2D eigenvalue weighted by molar-refractivity contribution is 0.0702. The van der Waals surface area contributed by atoms with Crippen LogP contribution in [0, 0.1) is 0 Å². The summed E-state index contributed by atoms with van der Waals surface area (Å²) < 4.78 is 0. The summed E-state index contributed by atoms with van der Waals surface area (Å²) in [7, 11) is 0. The van der Waals surface area contributed by atoms with Crippen molar-refractivity contribution in [2.45, 2.75) is 19.3 Å². The van der Waals surface area contributed by atoms with Gasteiger partial charge in [0.25, 0.3) is 0 Å². The molecule has 0 unspecified atom stereocenters. The molecule has 82 valence electrons. The van der Waals surface area contributed by atoms with Crippen molar-refractivity contribution in [1.29, 1.82) is 0 Å². The molecular formula is C9H11ClN2O2S. The lowest BCUT2D eigenvalue weighted by Crippen LogP contribution is -2.29. The molecule has 0 aliphatic carbocycles. The second kappa shape index (κ2) is 4.37. The van der Waals surface area contributed by atoms with Crippen molar-refractivity contribution in [1.82, 2.24) is 4.98 Å². The number of thiazole rings is 1. The quantitative estimate of drug-likeness (QED) is 0.871. The van der Waals surface area contributed by atoms with Gasteiger partial charge in [-0.1, -0.05) is 22.9 Å². The van der Waals surface area contributed by atoms with Crippen LogP contribution in [0.15, 0.2) is 0 Å². The minimum atomic E-state index is -0.999. The van der Waals surface area contributed by atoms with Gasteiger partial charge in [-0.3, -0.25) is 0 Å². The summed E-state index contributed by atoms with van der Waals surface area (Å²) in [6, 6.07) is 0. The van der Waals surface area contributed by atoms with E-state index in [-0.39, 0.29) is 10.0 Å². The van der Waals surface area contributed by atoms with Gasteiger partial charge in [-0.25, -0.2) is 9.78 Å². The number of carboxylic acid groups (broad SMARTS) is 1.